The zero-order chi connectivity index (χ0) is 17.0. The van der Waals surface area contributed by atoms with Gasteiger partial charge in [-0.05, 0) is 43.2 Å². The highest BCUT2D eigenvalue weighted by Crippen LogP contribution is 2.24. The Morgan fingerprint density at radius 3 is 2.43 bits per heavy atom. The average Bonchev–Trinajstić information content (AvgIpc) is 2.53. The average molecular weight is 317 g/mol. The SMILES string of the molecule is CC(C)Cc1ccc([C@H](C)C(=O)N2CCCC(C(=O)O)C2)cc1. The molecule has 4 nitrogen and oxygen atoms in total. The molecular formula is C19H27NO3. The fourth-order valence-electron chi connectivity index (χ4n) is 3.21. The van der Waals surface area contributed by atoms with Crippen LogP contribution in [-0.4, -0.2) is 35.0 Å². The number of carboxylic acids is 1. The topological polar surface area (TPSA) is 57.6 Å². The van der Waals surface area contributed by atoms with Crippen LogP contribution in [0.5, 0.6) is 0 Å². The number of carbonyl (C=O) groups excluding carboxylic acids is 1. The molecule has 1 unspecified atom stereocenters. The first-order chi connectivity index (χ1) is 10.9. The predicted octanol–water partition coefficient (Wildman–Crippen LogP) is 3.31. The maximum Gasteiger partial charge on any atom is 0.308 e. The molecule has 1 aromatic carbocycles. The molecule has 1 fully saturated rings. The molecule has 23 heavy (non-hydrogen) atoms. The lowest BCUT2D eigenvalue weighted by molar-refractivity contribution is -0.146. The van der Waals surface area contributed by atoms with Crippen LogP contribution in [0.2, 0.25) is 0 Å². The summed E-state index contributed by atoms with van der Waals surface area (Å²) in [5.41, 5.74) is 2.28. The van der Waals surface area contributed by atoms with E-state index in [1.54, 1.807) is 4.90 Å². The molecule has 2 rings (SSSR count). The van der Waals surface area contributed by atoms with Gasteiger partial charge in [0.1, 0.15) is 0 Å². The van der Waals surface area contributed by atoms with E-state index in [4.69, 9.17) is 5.11 Å². The smallest absolute Gasteiger partial charge is 0.308 e. The number of rotatable bonds is 5. The van der Waals surface area contributed by atoms with Crippen molar-refractivity contribution in [1.29, 1.82) is 0 Å². The molecule has 1 saturated heterocycles. The Labute approximate surface area is 138 Å². The third-order valence-corrected chi connectivity index (χ3v) is 4.58. The molecule has 0 spiro atoms. The van der Waals surface area contributed by atoms with Crippen molar-refractivity contribution >= 4 is 11.9 Å². The summed E-state index contributed by atoms with van der Waals surface area (Å²) in [5, 5.41) is 9.16. The van der Waals surface area contributed by atoms with Gasteiger partial charge in [0.05, 0.1) is 11.8 Å². The van der Waals surface area contributed by atoms with E-state index in [1.807, 2.05) is 19.1 Å². The summed E-state index contributed by atoms with van der Waals surface area (Å²) in [6.07, 6.45) is 2.47. The van der Waals surface area contributed by atoms with Crippen molar-refractivity contribution in [3.05, 3.63) is 35.4 Å². The Morgan fingerprint density at radius 1 is 1.22 bits per heavy atom. The van der Waals surface area contributed by atoms with Gasteiger partial charge in [-0.1, -0.05) is 38.1 Å². The highest BCUT2D eigenvalue weighted by molar-refractivity contribution is 5.84. The molecule has 1 aliphatic rings. The summed E-state index contributed by atoms with van der Waals surface area (Å²) in [4.78, 5) is 25.5. The third-order valence-electron chi connectivity index (χ3n) is 4.58. The van der Waals surface area contributed by atoms with Gasteiger partial charge in [-0.3, -0.25) is 9.59 Å². The van der Waals surface area contributed by atoms with Gasteiger partial charge in [-0.2, -0.15) is 0 Å². The summed E-state index contributed by atoms with van der Waals surface area (Å²) >= 11 is 0. The van der Waals surface area contributed by atoms with Gasteiger partial charge in [0.2, 0.25) is 5.91 Å². The van der Waals surface area contributed by atoms with Crippen molar-refractivity contribution < 1.29 is 14.7 Å². The summed E-state index contributed by atoms with van der Waals surface area (Å²) in [7, 11) is 0. The number of carbonyl (C=O) groups is 2. The fourth-order valence-corrected chi connectivity index (χ4v) is 3.21. The molecule has 1 aromatic rings. The Kier molecular flexibility index (Phi) is 5.80. The van der Waals surface area contributed by atoms with E-state index in [9.17, 15) is 9.59 Å². The van der Waals surface area contributed by atoms with Crippen LogP contribution in [0.4, 0.5) is 0 Å². The molecule has 1 heterocycles. The van der Waals surface area contributed by atoms with Crippen LogP contribution in [0.15, 0.2) is 24.3 Å². The zero-order valence-electron chi connectivity index (χ0n) is 14.3. The maximum absolute atomic E-state index is 12.7. The minimum Gasteiger partial charge on any atom is -0.481 e. The van der Waals surface area contributed by atoms with Crippen LogP contribution in [0.25, 0.3) is 0 Å². The van der Waals surface area contributed by atoms with Crippen LogP contribution in [0.3, 0.4) is 0 Å². The summed E-state index contributed by atoms with van der Waals surface area (Å²) in [6, 6.07) is 8.24. The maximum atomic E-state index is 12.7. The first kappa shape index (κ1) is 17.5. The van der Waals surface area contributed by atoms with Gasteiger partial charge >= 0.3 is 5.97 Å². The zero-order valence-corrected chi connectivity index (χ0v) is 14.3. The fraction of sp³-hybridized carbons (Fsp3) is 0.579. The quantitative estimate of drug-likeness (QED) is 0.906. The van der Waals surface area contributed by atoms with E-state index in [-0.39, 0.29) is 11.8 Å². The van der Waals surface area contributed by atoms with Gasteiger partial charge in [-0.25, -0.2) is 0 Å². The molecule has 4 heteroatoms. The Hall–Kier alpha value is -1.84. The number of piperidine rings is 1. The minimum atomic E-state index is -0.798. The lowest BCUT2D eigenvalue weighted by Gasteiger charge is -2.32. The van der Waals surface area contributed by atoms with Gasteiger partial charge < -0.3 is 10.0 Å². The van der Waals surface area contributed by atoms with Gasteiger partial charge in [0.15, 0.2) is 0 Å². The molecule has 2 atom stereocenters. The lowest BCUT2D eigenvalue weighted by atomic mass is 9.93. The van der Waals surface area contributed by atoms with E-state index in [1.165, 1.54) is 5.56 Å². The monoisotopic (exact) mass is 317 g/mol. The number of carboxylic acid groups (broad SMARTS) is 1. The molecular weight excluding hydrogens is 290 g/mol. The Bertz CT molecular complexity index is 550. The van der Waals surface area contributed by atoms with Crippen LogP contribution in [0, 0.1) is 11.8 Å². The molecule has 1 amide bonds. The highest BCUT2D eigenvalue weighted by atomic mass is 16.4. The van der Waals surface area contributed by atoms with Crippen molar-refractivity contribution in [1.82, 2.24) is 4.90 Å². The molecule has 0 bridgehead atoms. The largest absolute Gasteiger partial charge is 0.481 e. The minimum absolute atomic E-state index is 0.0348. The number of aliphatic carboxylic acids is 1. The van der Waals surface area contributed by atoms with Crippen LogP contribution in [-0.2, 0) is 16.0 Å². The molecule has 0 saturated carbocycles. The summed E-state index contributed by atoms with van der Waals surface area (Å²) in [5.74, 6) is -0.800. The van der Waals surface area contributed by atoms with Gasteiger partial charge in [-0.15, -0.1) is 0 Å². The van der Waals surface area contributed by atoms with E-state index in [0.717, 1.165) is 18.4 Å². The number of nitrogens with zero attached hydrogens (tertiary/aromatic N) is 1. The first-order valence-corrected chi connectivity index (χ1v) is 8.49. The molecule has 0 aromatic heterocycles. The van der Waals surface area contributed by atoms with Crippen LogP contribution < -0.4 is 0 Å². The predicted molar refractivity (Wildman–Crippen MR) is 90.3 cm³/mol. The van der Waals surface area contributed by atoms with Crippen LogP contribution >= 0.6 is 0 Å². The van der Waals surface area contributed by atoms with Crippen LogP contribution in [0.1, 0.15) is 50.7 Å². The van der Waals surface area contributed by atoms with Gasteiger partial charge in [0.25, 0.3) is 0 Å². The van der Waals surface area contributed by atoms with Crippen molar-refractivity contribution in [3.8, 4) is 0 Å². The highest BCUT2D eigenvalue weighted by Gasteiger charge is 2.30. The molecule has 1 N–H and O–H groups in total. The second-order valence-electron chi connectivity index (χ2n) is 7.02. The lowest BCUT2D eigenvalue weighted by Crippen LogP contribution is -2.43. The number of amides is 1. The second-order valence-corrected chi connectivity index (χ2v) is 7.02. The first-order valence-electron chi connectivity index (χ1n) is 8.49. The normalized spacial score (nSPS) is 19.7. The van der Waals surface area contributed by atoms with Crippen molar-refractivity contribution in [3.63, 3.8) is 0 Å². The molecule has 1 aliphatic heterocycles. The number of benzene rings is 1. The molecule has 0 radical (unpaired) electrons. The van der Waals surface area contributed by atoms with E-state index in [2.05, 4.69) is 26.0 Å². The van der Waals surface area contributed by atoms with Crippen molar-refractivity contribution in [2.24, 2.45) is 11.8 Å². The van der Waals surface area contributed by atoms with E-state index >= 15 is 0 Å². The molecule has 0 aliphatic carbocycles. The third kappa shape index (κ3) is 4.57. The summed E-state index contributed by atoms with van der Waals surface area (Å²) in [6.45, 7) is 7.29. The Morgan fingerprint density at radius 2 is 1.87 bits per heavy atom. The number of hydrogen-bond donors (Lipinski definition) is 1. The Balaban J connectivity index is 2.02. The van der Waals surface area contributed by atoms with E-state index in [0.29, 0.717) is 25.4 Å². The second kappa shape index (κ2) is 7.62. The summed E-state index contributed by atoms with van der Waals surface area (Å²) < 4.78 is 0. The molecule has 126 valence electrons. The standard InChI is InChI=1S/C19H27NO3/c1-13(2)11-15-6-8-16(9-7-15)14(3)18(21)20-10-4-5-17(12-20)19(22)23/h6-9,13-14,17H,4-5,10-12H2,1-3H3,(H,22,23)/t14-,17?/m0/s1. The van der Waals surface area contributed by atoms with Gasteiger partial charge in [0, 0.05) is 13.1 Å². The van der Waals surface area contributed by atoms with Crippen molar-refractivity contribution in [2.75, 3.05) is 13.1 Å². The number of likely N-dealkylation sites (tertiary alicyclic amines) is 1. The van der Waals surface area contributed by atoms with E-state index < -0.39 is 11.9 Å². The van der Waals surface area contributed by atoms with Crippen molar-refractivity contribution in [2.45, 2.75) is 46.0 Å². The number of hydrogen-bond acceptors (Lipinski definition) is 2.